The number of methoxy groups -OCH3 is 1. The molecule has 0 spiro atoms. The maximum Gasteiger partial charge on any atom is 0.246 e. The van der Waals surface area contributed by atoms with Crippen LogP contribution in [0, 0.1) is 13.8 Å². The third kappa shape index (κ3) is 3.56. The minimum atomic E-state index is -0.740. The Hall–Kier alpha value is -2.00. The van der Waals surface area contributed by atoms with Crippen molar-refractivity contribution in [3.63, 3.8) is 0 Å². The van der Waals surface area contributed by atoms with Gasteiger partial charge in [0.2, 0.25) is 5.91 Å². The highest BCUT2D eigenvalue weighted by atomic mass is 35.5. The van der Waals surface area contributed by atoms with E-state index in [9.17, 15) is 4.79 Å². The van der Waals surface area contributed by atoms with E-state index in [4.69, 9.17) is 16.3 Å². The quantitative estimate of drug-likeness (QED) is 0.858. The SMILES string of the molecule is COc1ccc(C(Cl)C(=O)Nc2cccc(C)c2C)cc1. The Labute approximate surface area is 129 Å². The average molecular weight is 304 g/mol. The molecule has 1 atom stereocenters. The summed E-state index contributed by atoms with van der Waals surface area (Å²) in [6.45, 7) is 3.98. The van der Waals surface area contributed by atoms with Gasteiger partial charge < -0.3 is 10.1 Å². The van der Waals surface area contributed by atoms with E-state index >= 15 is 0 Å². The number of carbonyl (C=O) groups is 1. The van der Waals surface area contributed by atoms with E-state index < -0.39 is 5.38 Å². The van der Waals surface area contributed by atoms with Crippen molar-refractivity contribution in [2.45, 2.75) is 19.2 Å². The maximum absolute atomic E-state index is 12.3. The fraction of sp³-hybridized carbons (Fsp3) is 0.235. The monoisotopic (exact) mass is 303 g/mol. The number of hydrogen-bond acceptors (Lipinski definition) is 2. The summed E-state index contributed by atoms with van der Waals surface area (Å²) in [5.41, 5.74) is 3.70. The lowest BCUT2D eigenvalue weighted by Crippen LogP contribution is -2.18. The molecule has 2 rings (SSSR count). The summed E-state index contributed by atoms with van der Waals surface area (Å²) in [7, 11) is 1.60. The molecule has 1 unspecified atom stereocenters. The molecule has 1 N–H and O–H groups in total. The van der Waals surface area contributed by atoms with Crippen LogP contribution >= 0.6 is 11.6 Å². The van der Waals surface area contributed by atoms with Crippen molar-refractivity contribution < 1.29 is 9.53 Å². The van der Waals surface area contributed by atoms with Crippen molar-refractivity contribution in [1.29, 1.82) is 0 Å². The van der Waals surface area contributed by atoms with E-state index in [2.05, 4.69) is 5.32 Å². The summed E-state index contributed by atoms with van der Waals surface area (Å²) >= 11 is 6.24. The van der Waals surface area contributed by atoms with Crippen LogP contribution in [0.4, 0.5) is 5.69 Å². The number of carbonyl (C=O) groups excluding carboxylic acids is 1. The summed E-state index contributed by atoms with van der Waals surface area (Å²) in [5, 5.41) is 2.14. The van der Waals surface area contributed by atoms with Crippen molar-refractivity contribution in [3.05, 3.63) is 59.2 Å². The Morgan fingerprint density at radius 3 is 2.43 bits per heavy atom. The number of hydrogen-bond donors (Lipinski definition) is 1. The van der Waals surface area contributed by atoms with Crippen LogP contribution in [0.25, 0.3) is 0 Å². The maximum atomic E-state index is 12.3. The molecule has 0 aliphatic heterocycles. The van der Waals surface area contributed by atoms with Crippen LogP contribution in [0.3, 0.4) is 0 Å². The second-order valence-electron chi connectivity index (χ2n) is 4.87. The summed E-state index contributed by atoms with van der Waals surface area (Å²) in [4.78, 5) is 12.3. The number of anilines is 1. The van der Waals surface area contributed by atoms with Gasteiger partial charge in [-0.2, -0.15) is 0 Å². The smallest absolute Gasteiger partial charge is 0.246 e. The summed E-state index contributed by atoms with van der Waals surface area (Å²) in [6, 6.07) is 12.9. The molecule has 0 aliphatic carbocycles. The predicted octanol–water partition coefficient (Wildman–Crippen LogP) is 4.23. The van der Waals surface area contributed by atoms with E-state index in [1.54, 1.807) is 31.4 Å². The van der Waals surface area contributed by atoms with Crippen LogP contribution in [0.5, 0.6) is 5.75 Å². The molecule has 2 aromatic rings. The molecule has 0 saturated heterocycles. The molecule has 0 aliphatic rings. The molecule has 21 heavy (non-hydrogen) atoms. The highest BCUT2D eigenvalue weighted by Gasteiger charge is 2.18. The molecular formula is C17H18ClNO2. The standard InChI is InChI=1S/C17H18ClNO2/c1-11-5-4-6-15(12(11)2)19-17(20)16(18)13-7-9-14(21-3)10-8-13/h4-10,16H,1-3H3,(H,19,20). The number of benzene rings is 2. The molecular weight excluding hydrogens is 286 g/mol. The second-order valence-corrected chi connectivity index (χ2v) is 5.31. The normalized spacial score (nSPS) is 11.8. The largest absolute Gasteiger partial charge is 0.497 e. The number of halogens is 1. The fourth-order valence-electron chi connectivity index (χ4n) is 2.01. The first kappa shape index (κ1) is 15.4. The van der Waals surface area contributed by atoms with Gasteiger partial charge >= 0.3 is 0 Å². The Morgan fingerprint density at radius 1 is 1.14 bits per heavy atom. The molecule has 4 heteroatoms. The second kappa shape index (κ2) is 6.64. The van der Waals surface area contributed by atoms with Gasteiger partial charge in [0, 0.05) is 5.69 Å². The number of nitrogens with one attached hydrogen (secondary N) is 1. The molecule has 1 amide bonds. The Kier molecular flexibility index (Phi) is 4.86. The van der Waals surface area contributed by atoms with Gasteiger partial charge in [0.1, 0.15) is 11.1 Å². The minimum Gasteiger partial charge on any atom is -0.497 e. The van der Waals surface area contributed by atoms with Crippen molar-refractivity contribution >= 4 is 23.2 Å². The van der Waals surface area contributed by atoms with E-state index in [0.717, 1.165) is 28.1 Å². The highest BCUT2D eigenvalue weighted by molar-refractivity contribution is 6.32. The van der Waals surface area contributed by atoms with Crippen LogP contribution in [-0.4, -0.2) is 13.0 Å². The lowest BCUT2D eigenvalue weighted by atomic mass is 10.1. The number of rotatable bonds is 4. The van der Waals surface area contributed by atoms with Crippen molar-refractivity contribution in [1.82, 2.24) is 0 Å². The topological polar surface area (TPSA) is 38.3 Å². The van der Waals surface area contributed by atoms with Gasteiger partial charge in [0.25, 0.3) is 0 Å². The lowest BCUT2D eigenvalue weighted by molar-refractivity contribution is -0.116. The van der Waals surface area contributed by atoms with Gasteiger partial charge in [-0.25, -0.2) is 0 Å². The van der Waals surface area contributed by atoms with Gasteiger partial charge in [-0.1, -0.05) is 24.3 Å². The third-order valence-corrected chi connectivity index (χ3v) is 3.95. The minimum absolute atomic E-state index is 0.240. The molecule has 110 valence electrons. The third-order valence-electron chi connectivity index (χ3n) is 3.50. The van der Waals surface area contributed by atoms with Gasteiger partial charge in [-0.3, -0.25) is 4.79 Å². The number of alkyl halides is 1. The van der Waals surface area contributed by atoms with E-state index in [-0.39, 0.29) is 5.91 Å². The zero-order valence-electron chi connectivity index (χ0n) is 12.3. The van der Waals surface area contributed by atoms with Crippen LogP contribution in [0.2, 0.25) is 0 Å². The number of ether oxygens (including phenoxy) is 1. The molecule has 3 nitrogen and oxygen atoms in total. The van der Waals surface area contributed by atoms with E-state index in [1.807, 2.05) is 32.0 Å². The Morgan fingerprint density at radius 2 is 1.81 bits per heavy atom. The van der Waals surface area contributed by atoms with Gasteiger partial charge in [-0.05, 0) is 48.7 Å². The van der Waals surface area contributed by atoms with Crippen LogP contribution < -0.4 is 10.1 Å². The van der Waals surface area contributed by atoms with E-state index in [0.29, 0.717) is 0 Å². The van der Waals surface area contributed by atoms with Crippen molar-refractivity contribution in [2.24, 2.45) is 0 Å². The Bertz CT molecular complexity index is 638. The fourth-order valence-corrected chi connectivity index (χ4v) is 2.21. The molecule has 0 saturated carbocycles. The van der Waals surface area contributed by atoms with Crippen LogP contribution in [-0.2, 0) is 4.79 Å². The molecule has 0 radical (unpaired) electrons. The molecule has 0 heterocycles. The summed E-state index contributed by atoms with van der Waals surface area (Å²) in [5.74, 6) is 0.494. The van der Waals surface area contributed by atoms with Gasteiger partial charge in [0.05, 0.1) is 7.11 Å². The zero-order chi connectivity index (χ0) is 15.4. The highest BCUT2D eigenvalue weighted by Crippen LogP contribution is 2.26. The first-order chi connectivity index (χ1) is 10.0. The number of amides is 1. The molecule has 2 aromatic carbocycles. The van der Waals surface area contributed by atoms with Gasteiger partial charge in [0.15, 0.2) is 0 Å². The van der Waals surface area contributed by atoms with Crippen molar-refractivity contribution in [3.8, 4) is 5.75 Å². The van der Waals surface area contributed by atoms with Crippen LogP contribution in [0.15, 0.2) is 42.5 Å². The zero-order valence-corrected chi connectivity index (χ0v) is 13.1. The predicted molar refractivity (Wildman–Crippen MR) is 86.1 cm³/mol. The molecule has 0 aromatic heterocycles. The molecule has 0 fully saturated rings. The first-order valence-electron chi connectivity index (χ1n) is 6.68. The molecule has 0 bridgehead atoms. The average Bonchev–Trinajstić information content (AvgIpc) is 2.51. The number of aryl methyl sites for hydroxylation is 1. The Balaban J connectivity index is 2.13. The lowest BCUT2D eigenvalue weighted by Gasteiger charge is -2.14. The summed E-state index contributed by atoms with van der Waals surface area (Å²) in [6.07, 6.45) is 0. The van der Waals surface area contributed by atoms with E-state index in [1.165, 1.54) is 0 Å². The first-order valence-corrected chi connectivity index (χ1v) is 7.11. The van der Waals surface area contributed by atoms with Crippen LogP contribution in [0.1, 0.15) is 22.1 Å². The van der Waals surface area contributed by atoms with Crippen molar-refractivity contribution in [2.75, 3.05) is 12.4 Å². The van der Waals surface area contributed by atoms with Gasteiger partial charge in [-0.15, -0.1) is 11.6 Å². The summed E-state index contributed by atoms with van der Waals surface area (Å²) < 4.78 is 5.09.